The van der Waals surface area contributed by atoms with E-state index in [9.17, 15) is 14.4 Å². The molecule has 0 aromatic heterocycles. The Kier molecular flexibility index (Phi) is 8.00. The van der Waals surface area contributed by atoms with Gasteiger partial charge in [-0.25, -0.2) is 0 Å². The molecule has 0 aromatic carbocycles. The summed E-state index contributed by atoms with van der Waals surface area (Å²) in [5.74, 6) is 1.05. The predicted octanol–water partition coefficient (Wildman–Crippen LogP) is 7.60. The molecule has 236 valence electrons. The summed E-state index contributed by atoms with van der Waals surface area (Å²) in [6.07, 6.45) is 12.9. The van der Waals surface area contributed by atoms with E-state index in [4.69, 9.17) is 4.74 Å². The molecule has 8 atom stereocenters. The van der Waals surface area contributed by atoms with Gasteiger partial charge in [0.05, 0.1) is 5.41 Å². The minimum absolute atomic E-state index is 0. The number of likely N-dealkylation sites (tertiary alicyclic amines) is 1. The number of Topliss-reactive ketones (excluding diaryl/α,β-unsaturated/α-hetero) is 1. The summed E-state index contributed by atoms with van der Waals surface area (Å²) in [4.78, 5) is 43.5. The predicted molar refractivity (Wildman–Crippen MR) is 168 cm³/mol. The van der Waals surface area contributed by atoms with E-state index in [1.165, 1.54) is 18.4 Å². The molecule has 1 aliphatic heterocycles. The maximum Gasteiger partial charge on any atom is 0.311 e. The maximum atomic E-state index is 14.5. The largest absolute Gasteiger partial charge is 0.464 e. The summed E-state index contributed by atoms with van der Waals surface area (Å²) in [5.41, 5.74) is 0.197. The van der Waals surface area contributed by atoms with E-state index in [0.29, 0.717) is 24.6 Å². The number of esters is 1. The molecule has 5 aliphatic carbocycles. The van der Waals surface area contributed by atoms with Gasteiger partial charge in [-0.05, 0) is 124 Å². The van der Waals surface area contributed by atoms with Crippen molar-refractivity contribution in [1.82, 2.24) is 4.90 Å². The number of fused-ring (bicyclic) bond motifs is 7. The summed E-state index contributed by atoms with van der Waals surface area (Å²) in [7, 11) is 0. The van der Waals surface area contributed by atoms with E-state index in [0.717, 1.165) is 71.0 Å². The highest BCUT2D eigenvalue weighted by Gasteiger charge is 2.70. The summed E-state index contributed by atoms with van der Waals surface area (Å²) in [6, 6.07) is 0. The van der Waals surface area contributed by atoms with Crippen LogP contribution < -0.4 is 0 Å². The number of halogens is 1. The van der Waals surface area contributed by atoms with Crippen LogP contribution in [0.15, 0.2) is 11.6 Å². The molecule has 0 bridgehead atoms. The molecule has 0 N–H and O–H groups in total. The average Bonchev–Trinajstić information content (AvgIpc) is 3.42. The maximum absolute atomic E-state index is 14.5. The van der Waals surface area contributed by atoms with Crippen LogP contribution in [0.25, 0.3) is 0 Å². The first-order valence-electron chi connectivity index (χ1n) is 16.8. The summed E-state index contributed by atoms with van der Waals surface area (Å²) in [5, 5.41) is 0. The zero-order chi connectivity index (χ0) is 29.6. The molecule has 0 spiro atoms. The van der Waals surface area contributed by atoms with E-state index in [-0.39, 0.29) is 63.2 Å². The van der Waals surface area contributed by atoms with Crippen molar-refractivity contribution in [3.63, 3.8) is 0 Å². The van der Waals surface area contributed by atoms with Gasteiger partial charge in [-0.2, -0.15) is 0 Å². The lowest BCUT2D eigenvalue weighted by Gasteiger charge is -2.69. The third-order valence-corrected chi connectivity index (χ3v) is 14.7. The quantitative estimate of drug-likeness (QED) is 0.311. The third-order valence-electron chi connectivity index (χ3n) is 14.7. The van der Waals surface area contributed by atoms with E-state index in [2.05, 4.69) is 59.4 Å². The molecule has 4 saturated carbocycles. The van der Waals surface area contributed by atoms with Crippen LogP contribution in [0.4, 0.5) is 0 Å². The van der Waals surface area contributed by atoms with E-state index >= 15 is 0 Å². The summed E-state index contributed by atoms with van der Waals surface area (Å²) >= 11 is 0. The molecule has 0 radical (unpaired) electrons. The molecule has 42 heavy (non-hydrogen) atoms. The minimum Gasteiger partial charge on any atom is -0.464 e. The number of ketones is 2. The number of allylic oxidation sites excluding steroid dienone is 2. The third kappa shape index (κ3) is 4.44. The topological polar surface area (TPSA) is 63.7 Å². The molecule has 0 unspecified atom stereocenters. The highest BCUT2D eigenvalue weighted by Crippen LogP contribution is 2.74. The lowest BCUT2D eigenvalue weighted by atomic mass is 9.33. The Hall–Kier alpha value is -1.20. The fraction of sp³-hybridized carbons (Fsp3) is 0.861. The standard InChI is InChI=1S/C36H55NO4.ClH/c1-31(2)27-10-13-36(7)29(34(27,5)12-11-28(31)39)26(38)22-24-25-23-33(4,15-14-32(25,3)16-17-35(24,36)6)30(40)41-21-20-37-18-8-9-19-37;/h22,25,27,29H,8-21,23H2,1-7H3;1H/t25-,27-,29+,32+,33-,34-,35+,36+;/m0./s1. The van der Waals surface area contributed by atoms with Gasteiger partial charge < -0.3 is 4.74 Å². The van der Waals surface area contributed by atoms with Gasteiger partial charge in [0.25, 0.3) is 0 Å². The lowest BCUT2D eigenvalue weighted by Crippen LogP contribution is -2.66. The molecule has 6 heteroatoms. The van der Waals surface area contributed by atoms with Crippen LogP contribution in [0.1, 0.15) is 119 Å². The van der Waals surface area contributed by atoms with Crippen LogP contribution in [-0.2, 0) is 19.1 Å². The molecular weight excluding hydrogens is 546 g/mol. The fourth-order valence-electron chi connectivity index (χ4n) is 11.6. The molecule has 6 aliphatic rings. The Labute approximate surface area is 260 Å². The van der Waals surface area contributed by atoms with Crippen molar-refractivity contribution in [2.24, 2.45) is 50.2 Å². The van der Waals surface area contributed by atoms with E-state index in [1.807, 2.05) is 0 Å². The van der Waals surface area contributed by atoms with Crippen LogP contribution in [0.3, 0.4) is 0 Å². The summed E-state index contributed by atoms with van der Waals surface area (Å²) < 4.78 is 5.95. The van der Waals surface area contributed by atoms with Gasteiger partial charge in [-0.3, -0.25) is 19.3 Å². The first-order valence-corrected chi connectivity index (χ1v) is 16.8. The SMILES string of the molecule is CC1(C)C(=O)CC[C@]2(C)[C@H]3C(=O)C=C4[C@@H]5C[C@@](C)(C(=O)OCCN6CCCC6)CC[C@]5(C)CC[C@@]4(C)[C@]3(C)CC[C@@H]12.Cl. The highest BCUT2D eigenvalue weighted by molar-refractivity contribution is 5.96. The van der Waals surface area contributed by atoms with Crippen molar-refractivity contribution in [3.8, 4) is 0 Å². The number of hydrogen-bond acceptors (Lipinski definition) is 5. The normalized spacial score (nSPS) is 46.4. The Morgan fingerprint density at radius 2 is 1.60 bits per heavy atom. The van der Waals surface area contributed by atoms with Gasteiger partial charge in [0.1, 0.15) is 12.4 Å². The number of ether oxygens (including phenoxy) is 1. The number of rotatable bonds is 4. The van der Waals surface area contributed by atoms with Gasteiger partial charge >= 0.3 is 5.97 Å². The van der Waals surface area contributed by atoms with E-state index in [1.54, 1.807) is 0 Å². The second-order valence-electron chi connectivity index (χ2n) is 17.1. The van der Waals surface area contributed by atoms with Crippen molar-refractivity contribution in [2.75, 3.05) is 26.2 Å². The summed E-state index contributed by atoms with van der Waals surface area (Å²) in [6.45, 7) is 19.6. The van der Waals surface area contributed by atoms with Crippen molar-refractivity contribution in [1.29, 1.82) is 0 Å². The van der Waals surface area contributed by atoms with Crippen LogP contribution >= 0.6 is 12.4 Å². The molecule has 5 nitrogen and oxygen atoms in total. The van der Waals surface area contributed by atoms with Crippen LogP contribution in [0.2, 0.25) is 0 Å². The molecular formula is C36H56ClNO4. The first kappa shape index (κ1) is 32.2. The van der Waals surface area contributed by atoms with Crippen molar-refractivity contribution < 1.29 is 19.1 Å². The van der Waals surface area contributed by atoms with Gasteiger partial charge in [0.15, 0.2) is 5.78 Å². The fourth-order valence-corrected chi connectivity index (χ4v) is 11.6. The Balaban J connectivity index is 0.00000353. The zero-order valence-corrected chi connectivity index (χ0v) is 28.2. The van der Waals surface area contributed by atoms with Crippen molar-refractivity contribution in [2.45, 2.75) is 119 Å². The molecule has 1 heterocycles. The molecule has 0 aromatic rings. The second kappa shape index (κ2) is 10.4. The highest BCUT2D eigenvalue weighted by atomic mass is 35.5. The molecule has 0 amide bonds. The molecule has 1 saturated heterocycles. The van der Waals surface area contributed by atoms with Crippen molar-refractivity contribution >= 4 is 29.9 Å². The van der Waals surface area contributed by atoms with Crippen LogP contribution in [0, 0.1) is 50.2 Å². The smallest absolute Gasteiger partial charge is 0.311 e. The Bertz CT molecular complexity index is 1170. The van der Waals surface area contributed by atoms with Crippen LogP contribution in [0.5, 0.6) is 0 Å². The number of nitrogens with zero attached hydrogens (tertiary/aromatic N) is 1. The van der Waals surface area contributed by atoms with Gasteiger partial charge in [-0.15, -0.1) is 12.4 Å². The monoisotopic (exact) mass is 601 g/mol. The minimum atomic E-state index is -0.507. The Morgan fingerprint density at radius 1 is 0.929 bits per heavy atom. The number of carbonyl (C=O) groups is 3. The molecule has 5 fully saturated rings. The number of hydrogen-bond donors (Lipinski definition) is 0. The zero-order valence-electron chi connectivity index (χ0n) is 27.4. The van der Waals surface area contributed by atoms with Gasteiger partial charge in [0, 0.05) is 24.3 Å². The van der Waals surface area contributed by atoms with Gasteiger partial charge in [0.2, 0.25) is 0 Å². The number of carbonyl (C=O) groups excluding carboxylic acids is 3. The lowest BCUT2D eigenvalue weighted by molar-refractivity contribution is -0.188. The van der Waals surface area contributed by atoms with E-state index < -0.39 is 5.41 Å². The first-order chi connectivity index (χ1) is 19.1. The second-order valence-corrected chi connectivity index (χ2v) is 17.1. The molecule has 6 rings (SSSR count). The van der Waals surface area contributed by atoms with Crippen molar-refractivity contribution in [3.05, 3.63) is 11.6 Å². The van der Waals surface area contributed by atoms with Crippen LogP contribution in [-0.4, -0.2) is 48.7 Å². The average molecular weight is 602 g/mol. The van der Waals surface area contributed by atoms with Gasteiger partial charge in [-0.1, -0.05) is 47.1 Å². The Morgan fingerprint density at radius 3 is 2.29 bits per heavy atom.